The van der Waals surface area contributed by atoms with E-state index in [0.29, 0.717) is 28.6 Å². The molecule has 19 heavy (non-hydrogen) atoms. The Labute approximate surface area is 110 Å². The Kier molecular flexibility index (Phi) is 3.91. The van der Waals surface area contributed by atoms with E-state index >= 15 is 0 Å². The summed E-state index contributed by atoms with van der Waals surface area (Å²) in [5, 5.41) is 0. The highest BCUT2D eigenvalue weighted by Crippen LogP contribution is 2.30. The Hall–Kier alpha value is -2.21. The van der Waals surface area contributed by atoms with Gasteiger partial charge in [-0.2, -0.15) is 0 Å². The quantitative estimate of drug-likeness (QED) is 0.913. The van der Waals surface area contributed by atoms with Gasteiger partial charge < -0.3 is 15.2 Å². The zero-order chi connectivity index (χ0) is 13.8. The van der Waals surface area contributed by atoms with Crippen LogP contribution in [-0.2, 0) is 11.3 Å². The van der Waals surface area contributed by atoms with Crippen LogP contribution in [0.3, 0.4) is 0 Å². The van der Waals surface area contributed by atoms with Gasteiger partial charge >= 0.3 is 0 Å². The highest BCUT2D eigenvalue weighted by atomic mass is 19.1. The van der Waals surface area contributed by atoms with Gasteiger partial charge in [0, 0.05) is 18.7 Å². The van der Waals surface area contributed by atoms with Crippen LogP contribution in [0.15, 0.2) is 24.3 Å². The van der Waals surface area contributed by atoms with E-state index in [2.05, 4.69) is 9.97 Å². The van der Waals surface area contributed by atoms with Crippen molar-refractivity contribution in [3.63, 3.8) is 0 Å². The number of methoxy groups -OCH3 is 2. The molecule has 0 aliphatic carbocycles. The van der Waals surface area contributed by atoms with Crippen molar-refractivity contribution in [2.75, 3.05) is 20.0 Å². The number of hydrogen-bond donors (Lipinski definition) is 1. The minimum absolute atomic E-state index is 0.232. The maximum absolute atomic E-state index is 13.4. The lowest BCUT2D eigenvalue weighted by atomic mass is 10.1. The summed E-state index contributed by atoms with van der Waals surface area (Å²) in [6.07, 6.45) is 0. The molecule has 0 bridgehead atoms. The maximum Gasteiger partial charge on any atom is 0.157 e. The van der Waals surface area contributed by atoms with Crippen molar-refractivity contribution in [1.29, 1.82) is 0 Å². The van der Waals surface area contributed by atoms with E-state index in [0.717, 1.165) is 0 Å². The summed E-state index contributed by atoms with van der Waals surface area (Å²) in [5.74, 6) is 0.872. The number of hydrogen-bond acceptors (Lipinski definition) is 5. The Balaban J connectivity index is 2.54. The van der Waals surface area contributed by atoms with Crippen LogP contribution in [0.5, 0.6) is 5.75 Å². The molecule has 1 aromatic carbocycles. The SMILES string of the molecule is COCc1nc(N)cc(-c2cc(F)ccc2OC)n1. The van der Waals surface area contributed by atoms with E-state index in [1.54, 1.807) is 12.1 Å². The minimum Gasteiger partial charge on any atom is -0.496 e. The second-order valence-corrected chi connectivity index (χ2v) is 3.87. The van der Waals surface area contributed by atoms with Gasteiger partial charge in [0.15, 0.2) is 5.82 Å². The summed E-state index contributed by atoms with van der Waals surface area (Å²) in [4.78, 5) is 8.31. The largest absolute Gasteiger partial charge is 0.496 e. The molecule has 6 heteroatoms. The number of rotatable bonds is 4. The molecular weight excluding hydrogens is 249 g/mol. The molecule has 0 unspecified atom stereocenters. The summed E-state index contributed by atoms with van der Waals surface area (Å²) >= 11 is 0. The lowest BCUT2D eigenvalue weighted by molar-refractivity contribution is 0.178. The first-order valence-corrected chi connectivity index (χ1v) is 5.60. The first-order chi connectivity index (χ1) is 9.13. The predicted molar refractivity (Wildman–Crippen MR) is 69.1 cm³/mol. The molecule has 0 radical (unpaired) electrons. The molecule has 0 amide bonds. The normalized spacial score (nSPS) is 10.5. The van der Waals surface area contributed by atoms with Gasteiger partial charge in [-0.25, -0.2) is 14.4 Å². The van der Waals surface area contributed by atoms with Crippen LogP contribution in [-0.4, -0.2) is 24.2 Å². The molecule has 2 aromatic rings. The second-order valence-electron chi connectivity index (χ2n) is 3.87. The lowest BCUT2D eigenvalue weighted by Crippen LogP contribution is -2.03. The van der Waals surface area contributed by atoms with E-state index < -0.39 is 0 Å². The van der Waals surface area contributed by atoms with Gasteiger partial charge in [-0.15, -0.1) is 0 Å². The molecule has 0 saturated heterocycles. The van der Waals surface area contributed by atoms with Gasteiger partial charge in [0.05, 0.1) is 12.8 Å². The molecule has 0 aliphatic heterocycles. The van der Waals surface area contributed by atoms with E-state index in [4.69, 9.17) is 15.2 Å². The Morgan fingerprint density at radius 1 is 1.21 bits per heavy atom. The number of nitrogens with two attached hydrogens (primary N) is 1. The van der Waals surface area contributed by atoms with Crippen molar-refractivity contribution in [2.24, 2.45) is 0 Å². The zero-order valence-electron chi connectivity index (χ0n) is 10.7. The molecular formula is C13H14FN3O2. The number of nitrogens with zero attached hydrogens (tertiary/aromatic N) is 2. The van der Waals surface area contributed by atoms with Crippen molar-refractivity contribution in [2.45, 2.75) is 6.61 Å². The fourth-order valence-corrected chi connectivity index (χ4v) is 1.73. The van der Waals surface area contributed by atoms with Crippen LogP contribution in [0.2, 0.25) is 0 Å². The molecule has 5 nitrogen and oxygen atoms in total. The highest BCUT2D eigenvalue weighted by Gasteiger charge is 2.11. The number of aromatic nitrogens is 2. The monoisotopic (exact) mass is 263 g/mol. The number of benzene rings is 1. The van der Waals surface area contributed by atoms with Gasteiger partial charge in [-0.3, -0.25) is 0 Å². The van der Waals surface area contributed by atoms with Gasteiger partial charge in [0.1, 0.15) is 24.0 Å². The van der Waals surface area contributed by atoms with Crippen molar-refractivity contribution >= 4 is 5.82 Å². The number of halogens is 1. The smallest absolute Gasteiger partial charge is 0.157 e. The minimum atomic E-state index is -0.374. The van der Waals surface area contributed by atoms with Crippen LogP contribution in [0.25, 0.3) is 11.3 Å². The van der Waals surface area contributed by atoms with Crippen LogP contribution in [0.4, 0.5) is 10.2 Å². The average molecular weight is 263 g/mol. The van der Waals surface area contributed by atoms with Crippen LogP contribution >= 0.6 is 0 Å². The van der Waals surface area contributed by atoms with Crippen molar-refractivity contribution < 1.29 is 13.9 Å². The predicted octanol–water partition coefficient (Wildman–Crippen LogP) is 2.02. The standard InChI is InChI=1S/C13H14FN3O2/c1-18-7-13-16-10(6-12(15)17-13)9-5-8(14)3-4-11(9)19-2/h3-6H,7H2,1-2H3,(H2,15,16,17). The molecule has 0 aliphatic rings. The fourth-order valence-electron chi connectivity index (χ4n) is 1.73. The topological polar surface area (TPSA) is 70.3 Å². The molecule has 1 heterocycles. The van der Waals surface area contributed by atoms with E-state index in [9.17, 15) is 4.39 Å². The summed E-state index contributed by atoms with van der Waals surface area (Å²) in [5.41, 5.74) is 6.73. The van der Waals surface area contributed by atoms with Crippen LogP contribution in [0, 0.1) is 5.82 Å². The summed E-state index contributed by atoms with van der Waals surface area (Å²) < 4.78 is 23.5. The van der Waals surface area contributed by atoms with Crippen molar-refractivity contribution in [3.05, 3.63) is 35.9 Å². The van der Waals surface area contributed by atoms with Gasteiger partial charge in [0.25, 0.3) is 0 Å². The molecule has 100 valence electrons. The van der Waals surface area contributed by atoms with Crippen molar-refractivity contribution in [3.8, 4) is 17.0 Å². The van der Waals surface area contributed by atoms with Crippen molar-refractivity contribution in [1.82, 2.24) is 9.97 Å². The van der Waals surface area contributed by atoms with Gasteiger partial charge in [0.2, 0.25) is 0 Å². The first-order valence-electron chi connectivity index (χ1n) is 5.60. The van der Waals surface area contributed by atoms with E-state index in [1.165, 1.54) is 26.4 Å². The summed E-state index contributed by atoms with van der Waals surface area (Å²) in [7, 11) is 3.05. The number of nitrogen functional groups attached to an aromatic ring is 1. The molecule has 0 fully saturated rings. The number of anilines is 1. The summed E-state index contributed by atoms with van der Waals surface area (Å²) in [6.45, 7) is 0.232. The number of ether oxygens (including phenoxy) is 2. The molecule has 0 atom stereocenters. The molecule has 0 spiro atoms. The summed E-state index contributed by atoms with van der Waals surface area (Å²) in [6, 6.07) is 5.77. The van der Waals surface area contributed by atoms with E-state index in [-0.39, 0.29) is 12.4 Å². The maximum atomic E-state index is 13.4. The molecule has 2 N–H and O–H groups in total. The molecule has 1 aromatic heterocycles. The van der Waals surface area contributed by atoms with E-state index in [1.807, 2.05) is 0 Å². The third-order valence-corrected chi connectivity index (χ3v) is 2.50. The lowest BCUT2D eigenvalue weighted by Gasteiger charge is -2.09. The Morgan fingerprint density at radius 2 is 2.00 bits per heavy atom. The van der Waals surface area contributed by atoms with Gasteiger partial charge in [-0.05, 0) is 18.2 Å². The third-order valence-electron chi connectivity index (χ3n) is 2.50. The van der Waals surface area contributed by atoms with Crippen LogP contribution in [0.1, 0.15) is 5.82 Å². The zero-order valence-corrected chi connectivity index (χ0v) is 10.7. The fraction of sp³-hybridized carbons (Fsp3) is 0.231. The second kappa shape index (κ2) is 5.62. The molecule has 0 saturated carbocycles. The van der Waals surface area contributed by atoms with Crippen LogP contribution < -0.4 is 10.5 Å². The highest BCUT2D eigenvalue weighted by molar-refractivity contribution is 5.68. The first kappa shape index (κ1) is 13.2. The Morgan fingerprint density at radius 3 is 2.68 bits per heavy atom. The van der Waals surface area contributed by atoms with Gasteiger partial charge in [-0.1, -0.05) is 0 Å². The Bertz CT molecular complexity index is 590. The molecule has 2 rings (SSSR count). The average Bonchev–Trinajstić information content (AvgIpc) is 2.38. The third kappa shape index (κ3) is 2.97.